The SMILES string of the molecule is C[C@H]1CCCC[C@H]1NC(=O)COC(=O)CN1C(=O)N[C@](C)(CCc2ccccc2)C1=O. The third kappa shape index (κ3) is 5.83. The molecule has 1 aromatic carbocycles. The molecule has 1 saturated carbocycles. The summed E-state index contributed by atoms with van der Waals surface area (Å²) in [4.78, 5) is 50.2. The minimum absolute atomic E-state index is 0.0937. The molecular weight excluding hydrogens is 398 g/mol. The first-order chi connectivity index (χ1) is 14.8. The maximum atomic E-state index is 12.8. The van der Waals surface area contributed by atoms with Crippen LogP contribution in [0.3, 0.4) is 0 Å². The van der Waals surface area contributed by atoms with Gasteiger partial charge in [-0.15, -0.1) is 0 Å². The zero-order valence-electron chi connectivity index (χ0n) is 18.2. The largest absolute Gasteiger partial charge is 0.454 e. The predicted octanol–water partition coefficient (Wildman–Crippen LogP) is 2.17. The molecule has 0 radical (unpaired) electrons. The number of aryl methyl sites for hydroxylation is 1. The van der Waals surface area contributed by atoms with E-state index in [1.807, 2.05) is 30.3 Å². The van der Waals surface area contributed by atoms with E-state index in [-0.39, 0.29) is 11.9 Å². The molecule has 3 rings (SSSR count). The Morgan fingerprint density at radius 1 is 1.19 bits per heavy atom. The minimum Gasteiger partial charge on any atom is -0.454 e. The van der Waals surface area contributed by atoms with Crippen LogP contribution in [0.2, 0.25) is 0 Å². The lowest BCUT2D eigenvalue weighted by Crippen LogP contribution is -2.45. The zero-order chi connectivity index (χ0) is 22.4. The van der Waals surface area contributed by atoms with Gasteiger partial charge in [-0.2, -0.15) is 0 Å². The zero-order valence-corrected chi connectivity index (χ0v) is 18.2. The van der Waals surface area contributed by atoms with Gasteiger partial charge in [-0.3, -0.25) is 19.3 Å². The highest BCUT2D eigenvalue weighted by Crippen LogP contribution is 2.24. The predicted molar refractivity (Wildman–Crippen MR) is 114 cm³/mol. The molecule has 1 saturated heterocycles. The number of amides is 4. The first-order valence-corrected chi connectivity index (χ1v) is 10.9. The van der Waals surface area contributed by atoms with Crippen molar-refractivity contribution in [3.05, 3.63) is 35.9 Å². The van der Waals surface area contributed by atoms with Gasteiger partial charge in [0.1, 0.15) is 12.1 Å². The van der Waals surface area contributed by atoms with Crippen LogP contribution in [0.1, 0.15) is 51.5 Å². The molecule has 4 amide bonds. The smallest absolute Gasteiger partial charge is 0.326 e. The monoisotopic (exact) mass is 429 g/mol. The Bertz CT molecular complexity index is 828. The lowest BCUT2D eigenvalue weighted by molar-refractivity contribution is -0.151. The van der Waals surface area contributed by atoms with Gasteiger partial charge in [0.2, 0.25) is 0 Å². The third-order valence-corrected chi connectivity index (χ3v) is 6.21. The van der Waals surface area contributed by atoms with Crippen LogP contribution < -0.4 is 10.6 Å². The van der Waals surface area contributed by atoms with Crippen LogP contribution in [0.4, 0.5) is 4.79 Å². The molecule has 1 aliphatic carbocycles. The minimum atomic E-state index is -1.08. The summed E-state index contributed by atoms with van der Waals surface area (Å²) in [6.07, 6.45) is 5.25. The van der Waals surface area contributed by atoms with Gasteiger partial charge in [-0.25, -0.2) is 4.79 Å². The van der Waals surface area contributed by atoms with Crippen molar-refractivity contribution in [1.29, 1.82) is 0 Å². The van der Waals surface area contributed by atoms with Gasteiger partial charge >= 0.3 is 12.0 Å². The normalized spacial score (nSPS) is 25.8. The van der Waals surface area contributed by atoms with Gasteiger partial charge in [-0.1, -0.05) is 50.1 Å². The Morgan fingerprint density at radius 3 is 2.61 bits per heavy atom. The third-order valence-electron chi connectivity index (χ3n) is 6.21. The summed E-state index contributed by atoms with van der Waals surface area (Å²) < 4.78 is 5.01. The molecule has 3 atom stereocenters. The van der Waals surface area contributed by atoms with Crippen LogP contribution in [0, 0.1) is 5.92 Å². The van der Waals surface area contributed by atoms with Gasteiger partial charge in [0, 0.05) is 6.04 Å². The number of nitrogens with one attached hydrogen (secondary N) is 2. The number of hydrogen-bond donors (Lipinski definition) is 2. The van der Waals surface area contributed by atoms with E-state index in [0.29, 0.717) is 18.8 Å². The van der Waals surface area contributed by atoms with E-state index in [0.717, 1.165) is 29.7 Å². The van der Waals surface area contributed by atoms with Crippen LogP contribution in [-0.2, 0) is 25.5 Å². The number of nitrogens with zero attached hydrogens (tertiary/aromatic N) is 1. The second kappa shape index (κ2) is 9.94. The van der Waals surface area contributed by atoms with Crippen LogP contribution in [0.15, 0.2) is 30.3 Å². The summed E-state index contributed by atoms with van der Waals surface area (Å²) in [7, 11) is 0. The standard InChI is InChI=1S/C23H31N3O5/c1-16-8-6-7-11-18(16)24-19(27)15-31-20(28)14-26-21(29)23(2,25-22(26)30)13-12-17-9-4-3-5-10-17/h3-5,9-10,16,18H,6-8,11-15H2,1-2H3,(H,24,27)(H,25,30)/t16-,18+,23+/m0/s1. The second-order valence-electron chi connectivity index (χ2n) is 8.74. The van der Waals surface area contributed by atoms with Crippen molar-refractivity contribution in [3.63, 3.8) is 0 Å². The average Bonchev–Trinajstić information content (AvgIpc) is 2.96. The molecule has 168 valence electrons. The maximum absolute atomic E-state index is 12.8. The molecule has 8 nitrogen and oxygen atoms in total. The number of carbonyl (C=O) groups is 4. The topological polar surface area (TPSA) is 105 Å². The summed E-state index contributed by atoms with van der Waals surface area (Å²) in [5, 5.41) is 5.58. The number of urea groups is 1. The van der Waals surface area contributed by atoms with Crippen LogP contribution in [-0.4, -0.2) is 53.4 Å². The van der Waals surface area contributed by atoms with Crippen LogP contribution >= 0.6 is 0 Å². The van der Waals surface area contributed by atoms with Gasteiger partial charge in [0.15, 0.2) is 6.61 Å². The van der Waals surface area contributed by atoms with E-state index >= 15 is 0 Å². The number of rotatable bonds is 8. The van der Waals surface area contributed by atoms with Crippen LogP contribution in [0.5, 0.6) is 0 Å². The highest BCUT2D eigenvalue weighted by molar-refractivity contribution is 6.08. The van der Waals surface area contributed by atoms with E-state index in [4.69, 9.17) is 4.74 Å². The number of carbonyl (C=O) groups excluding carboxylic acids is 4. The highest BCUT2D eigenvalue weighted by Gasteiger charge is 2.48. The fourth-order valence-electron chi connectivity index (χ4n) is 4.20. The van der Waals surface area contributed by atoms with Crippen molar-refractivity contribution in [2.75, 3.05) is 13.2 Å². The van der Waals surface area contributed by atoms with E-state index in [1.54, 1.807) is 6.92 Å². The fourth-order valence-corrected chi connectivity index (χ4v) is 4.20. The quantitative estimate of drug-likeness (QED) is 0.487. The Morgan fingerprint density at radius 2 is 1.90 bits per heavy atom. The number of esters is 1. The Kier molecular flexibility index (Phi) is 7.30. The molecule has 0 unspecified atom stereocenters. The van der Waals surface area contributed by atoms with Gasteiger partial charge in [0.25, 0.3) is 11.8 Å². The molecule has 8 heteroatoms. The first-order valence-electron chi connectivity index (χ1n) is 10.9. The molecule has 0 spiro atoms. The van der Waals surface area contributed by atoms with Crippen molar-refractivity contribution in [3.8, 4) is 0 Å². The molecule has 2 N–H and O–H groups in total. The average molecular weight is 430 g/mol. The number of benzene rings is 1. The first kappa shape index (κ1) is 22.8. The molecule has 0 aromatic heterocycles. The molecule has 1 aromatic rings. The molecule has 31 heavy (non-hydrogen) atoms. The van der Waals surface area contributed by atoms with Crippen molar-refractivity contribution in [2.45, 2.75) is 64.0 Å². The summed E-state index contributed by atoms with van der Waals surface area (Å²) >= 11 is 0. The van der Waals surface area contributed by atoms with Crippen molar-refractivity contribution < 1.29 is 23.9 Å². The van der Waals surface area contributed by atoms with E-state index in [9.17, 15) is 19.2 Å². The lowest BCUT2D eigenvalue weighted by atomic mass is 9.86. The van der Waals surface area contributed by atoms with Crippen LogP contribution in [0.25, 0.3) is 0 Å². The van der Waals surface area contributed by atoms with Crippen molar-refractivity contribution in [1.82, 2.24) is 15.5 Å². The summed E-state index contributed by atoms with van der Waals surface area (Å²) in [6, 6.07) is 9.13. The number of hydrogen-bond acceptors (Lipinski definition) is 5. The van der Waals surface area contributed by atoms with Gasteiger partial charge < -0.3 is 15.4 Å². The summed E-state index contributed by atoms with van der Waals surface area (Å²) in [5.74, 6) is -1.22. The molecule has 1 heterocycles. The fraction of sp³-hybridized carbons (Fsp3) is 0.565. The maximum Gasteiger partial charge on any atom is 0.326 e. The second-order valence-corrected chi connectivity index (χ2v) is 8.74. The molecule has 2 fully saturated rings. The highest BCUT2D eigenvalue weighted by atomic mass is 16.5. The van der Waals surface area contributed by atoms with E-state index in [1.165, 1.54) is 6.42 Å². The Labute approximate surface area is 182 Å². The number of ether oxygens (including phenoxy) is 1. The van der Waals surface area contributed by atoms with E-state index < -0.39 is 36.6 Å². The van der Waals surface area contributed by atoms with Gasteiger partial charge in [0.05, 0.1) is 0 Å². The Hall–Kier alpha value is -2.90. The molecular formula is C23H31N3O5. The lowest BCUT2D eigenvalue weighted by Gasteiger charge is -2.29. The van der Waals surface area contributed by atoms with Crippen molar-refractivity contribution in [2.24, 2.45) is 5.92 Å². The van der Waals surface area contributed by atoms with Crippen molar-refractivity contribution >= 4 is 23.8 Å². The summed E-state index contributed by atoms with van der Waals surface area (Å²) in [6.45, 7) is 2.82. The molecule has 2 aliphatic rings. The summed E-state index contributed by atoms with van der Waals surface area (Å²) in [5.41, 5.74) is -0.0243. The van der Waals surface area contributed by atoms with Gasteiger partial charge in [-0.05, 0) is 44.1 Å². The van der Waals surface area contributed by atoms with E-state index in [2.05, 4.69) is 17.6 Å². The Balaban J connectivity index is 1.46. The number of imide groups is 1. The molecule has 0 bridgehead atoms. The molecule has 1 aliphatic heterocycles.